The molecule has 0 radical (unpaired) electrons. The quantitative estimate of drug-likeness (QED) is 0.723. The average Bonchev–Trinajstić information content (AvgIpc) is 2.32. The minimum Gasteiger partial charge on any atom is -0.494 e. The van der Waals surface area contributed by atoms with Crippen LogP contribution in [0.2, 0.25) is 0 Å². The lowest BCUT2D eigenvalue weighted by Gasteiger charge is -2.12. The van der Waals surface area contributed by atoms with E-state index < -0.39 is 6.61 Å². The number of benzene rings is 1. The number of alkyl halides is 3. The van der Waals surface area contributed by atoms with Crippen molar-refractivity contribution in [2.24, 2.45) is 0 Å². The van der Waals surface area contributed by atoms with Crippen molar-refractivity contribution in [1.82, 2.24) is 0 Å². The molecule has 0 aromatic heterocycles. The number of rotatable bonds is 7. The van der Waals surface area contributed by atoms with E-state index in [-0.39, 0.29) is 23.3 Å². The Bertz CT molecular complexity index is 410. The molecular weight excluding hydrogens is 310 g/mol. The van der Waals surface area contributed by atoms with Gasteiger partial charge in [0.25, 0.3) is 0 Å². The fraction of sp³-hybridized carbons (Fsp3) is 0.417. The Kier molecular flexibility index (Phi) is 6.04. The molecule has 0 aliphatic rings. The maximum atomic E-state index is 12.3. The third kappa shape index (κ3) is 4.60. The minimum absolute atomic E-state index is 0.0229. The van der Waals surface area contributed by atoms with E-state index in [1.165, 1.54) is 6.07 Å². The lowest BCUT2D eigenvalue weighted by Crippen LogP contribution is -2.09. The second-order valence-corrected chi connectivity index (χ2v) is 3.99. The first kappa shape index (κ1) is 14.9. The predicted octanol–water partition coefficient (Wildman–Crippen LogP) is 3.19. The molecule has 0 saturated carbocycles. The smallest absolute Gasteiger partial charge is 0.387 e. The average molecular weight is 323 g/mol. The maximum absolute atomic E-state index is 12.3. The van der Waals surface area contributed by atoms with Gasteiger partial charge in [-0.3, -0.25) is 4.79 Å². The van der Waals surface area contributed by atoms with Crippen molar-refractivity contribution in [1.29, 1.82) is 0 Å². The summed E-state index contributed by atoms with van der Waals surface area (Å²) in [7, 11) is 0. The summed E-state index contributed by atoms with van der Waals surface area (Å²) >= 11 is 3.02. The highest BCUT2D eigenvalue weighted by molar-refractivity contribution is 9.09. The number of ether oxygens (including phenoxy) is 2. The fourth-order valence-electron chi connectivity index (χ4n) is 1.40. The van der Waals surface area contributed by atoms with E-state index in [1.807, 2.05) is 0 Å². The van der Waals surface area contributed by atoms with Gasteiger partial charge in [-0.25, -0.2) is 0 Å². The third-order valence-corrected chi connectivity index (χ3v) is 2.73. The zero-order valence-corrected chi connectivity index (χ0v) is 11.4. The molecular formula is C12H13BrF2O3. The molecule has 6 heteroatoms. The fourth-order valence-corrected chi connectivity index (χ4v) is 1.60. The summed E-state index contributed by atoms with van der Waals surface area (Å²) in [5.41, 5.74) is 0.420. The molecule has 0 heterocycles. The van der Waals surface area contributed by atoms with Crippen molar-refractivity contribution in [2.45, 2.75) is 20.0 Å². The zero-order chi connectivity index (χ0) is 13.5. The molecule has 0 aliphatic heterocycles. The molecule has 0 fully saturated rings. The molecule has 0 N–H and O–H groups in total. The van der Waals surface area contributed by atoms with Crippen molar-refractivity contribution in [3.8, 4) is 11.5 Å². The first-order valence-corrected chi connectivity index (χ1v) is 6.47. The van der Waals surface area contributed by atoms with Gasteiger partial charge in [0.15, 0.2) is 0 Å². The first-order chi connectivity index (χ1) is 8.56. The molecule has 0 bridgehead atoms. The van der Waals surface area contributed by atoms with E-state index in [0.717, 1.165) is 0 Å². The number of hydrogen-bond acceptors (Lipinski definition) is 3. The minimum atomic E-state index is -2.93. The Morgan fingerprint density at radius 1 is 1.44 bits per heavy atom. The highest BCUT2D eigenvalue weighted by Crippen LogP contribution is 2.27. The van der Waals surface area contributed by atoms with Gasteiger partial charge in [-0.05, 0) is 13.0 Å². The summed E-state index contributed by atoms with van der Waals surface area (Å²) in [6.07, 6.45) is 0.0414. The van der Waals surface area contributed by atoms with Crippen molar-refractivity contribution in [2.75, 3.05) is 11.9 Å². The SMILES string of the molecule is CCOc1ccc(CC(=O)CBr)c(OC(F)F)c1. The molecule has 1 aromatic carbocycles. The van der Waals surface area contributed by atoms with Crippen LogP contribution in [0.15, 0.2) is 18.2 Å². The van der Waals surface area contributed by atoms with Gasteiger partial charge in [-0.1, -0.05) is 22.0 Å². The third-order valence-electron chi connectivity index (χ3n) is 2.10. The van der Waals surface area contributed by atoms with Gasteiger partial charge < -0.3 is 9.47 Å². The molecule has 100 valence electrons. The van der Waals surface area contributed by atoms with Gasteiger partial charge in [0.05, 0.1) is 11.9 Å². The molecule has 0 amide bonds. The molecule has 0 aliphatic carbocycles. The maximum Gasteiger partial charge on any atom is 0.387 e. The van der Waals surface area contributed by atoms with Crippen LogP contribution in [0.4, 0.5) is 8.78 Å². The Balaban J connectivity index is 2.96. The number of carbonyl (C=O) groups excluding carboxylic acids is 1. The van der Waals surface area contributed by atoms with Crippen LogP contribution < -0.4 is 9.47 Å². The van der Waals surface area contributed by atoms with E-state index in [0.29, 0.717) is 17.9 Å². The summed E-state index contributed by atoms with van der Waals surface area (Å²) in [6.45, 7) is -0.719. The standard InChI is InChI=1S/C12H13BrF2O3/c1-2-17-10-4-3-8(5-9(16)7-13)11(6-10)18-12(14)15/h3-4,6,12H,2,5,7H2,1H3. The van der Waals surface area contributed by atoms with Gasteiger partial charge in [-0.15, -0.1) is 0 Å². The van der Waals surface area contributed by atoms with Crippen molar-refractivity contribution >= 4 is 21.7 Å². The summed E-state index contributed by atoms with van der Waals surface area (Å²) in [6, 6.07) is 4.55. The normalized spacial score (nSPS) is 10.5. The molecule has 0 unspecified atom stereocenters. The van der Waals surface area contributed by atoms with Crippen LogP contribution >= 0.6 is 15.9 Å². The topological polar surface area (TPSA) is 35.5 Å². The Morgan fingerprint density at radius 2 is 2.17 bits per heavy atom. The largest absolute Gasteiger partial charge is 0.494 e. The monoisotopic (exact) mass is 322 g/mol. The molecule has 0 atom stereocenters. The zero-order valence-electron chi connectivity index (χ0n) is 9.79. The second-order valence-electron chi connectivity index (χ2n) is 3.43. The number of carbonyl (C=O) groups is 1. The summed E-state index contributed by atoms with van der Waals surface area (Å²) in [5.74, 6) is 0.298. The highest BCUT2D eigenvalue weighted by Gasteiger charge is 2.13. The second kappa shape index (κ2) is 7.31. The summed E-state index contributed by atoms with van der Waals surface area (Å²) in [4.78, 5) is 11.3. The van der Waals surface area contributed by atoms with Crippen LogP contribution in [0.25, 0.3) is 0 Å². The van der Waals surface area contributed by atoms with Crippen LogP contribution in [0.1, 0.15) is 12.5 Å². The number of Topliss-reactive ketones (excluding diaryl/α,β-unsaturated/α-hetero) is 1. The molecule has 1 rings (SSSR count). The molecule has 0 saturated heterocycles. The van der Waals surface area contributed by atoms with Gasteiger partial charge in [0, 0.05) is 18.1 Å². The van der Waals surface area contributed by atoms with E-state index in [1.54, 1.807) is 19.1 Å². The summed E-state index contributed by atoms with van der Waals surface area (Å²) in [5, 5.41) is 0.175. The van der Waals surface area contributed by atoms with Crippen LogP contribution in [-0.2, 0) is 11.2 Å². The number of ketones is 1. The van der Waals surface area contributed by atoms with Gasteiger partial charge in [0.2, 0.25) is 0 Å². The van der Waals surface area contributed by atoms with Crippen LogP contribution in [0, 0.1) is 0 Å². The van der Waals surface area contributed by atoms with Gasteiger partial charge in [-0.2, -0.15) is 8.78 Å². The van der Waals surface area contributed by atoms with Crippen LogP contribution in [0.3, 0.4) is 0 Å². The lowest BCUT2D eigenvalue weighted by atomic mass is 10.1. The summed E-state index contributed by atoms with van der Waals surface area (Å²) < 4.78 is 34.2. The Labute approximate surface area is 112 Å². The van der Waals surface area contributed by atoms with Crippen molar-refractivity contribution in [3.05, 3.63) is 23.8 Å². The number of hydrogen-bond donors (Lipinski definition) is 0. The van der Waals surface area contributed by atoms with E-state index in [4.69, 9.17) is 4.74 Å². The molecule has 1 aromatic rings. The van der Waals surface area contributed by atoms with E-state index >= 15 is 0 Å². The van der Waals surface area contributed by atoms with Crippen molar-refractivity contribution < 1.29 is 23.0 Å². The Morgan fingerprint density at radius 3 is 2.72 bits per heavy atom. The molecule has 3 nitrogen and oxygen atoms in total. The first-order valence-electron chi connectivity index (χ1n) is 5.35. The number of halogens is 3. The van der Waals surface area contributed by atoms with E-state index in [9.17, 15) is 13.6 Å². The Hall–Kier alpha value is -1.17. The lowest BCUT2D eigenvalue weighted by molar-refractivity contribution is -0.116. The molecule has 0 spiro atoms. The predicted molar refractivity (Wildman–Crippen MR) is 66.7 cm³/mol. The van der Waals surface area contributed by atoms with E-state index in [2.05, 4.69) is 20.7 Å². The van der Waals surface area contributed by atoms with Gasteiger partial charge >= 0.3 is 6.61 Å². The van der Waals surface area contributed by atoms with Crippen LogP contribution in [-0.4, -0.2) is 24.3 Å². The van der Waals surface area contributed by atoms with Gasteiger partial charge in [0.1, 0.15) is 17.3 Å². The van der Waals surface area contributed by atoms with Crippen molar-refractivity contribution in [3.63, 3.8) is 0 Å². The van der Waals surface area contributed by atoms with Crippen LogP contribution in [0.5, 0.6) is 11.5 Å². The molecule has 18 heavy (non-hydrogen) atoms. The highest BCUT2D eigenvalue weighted by atomic mass is 79.9.